The highest BCUT2D eigenvalue weighted by Gasteiger charge is 2.03. The Morgan fingerprint density at radius 3 is 2.56 bits per heavy atom. The minimum absolute atomic E-state index is 0.231. The van der Waals surface area contributed by atoms with E-state index in [2.05, 4.69) is 6.92 Å². The standard InChI is InChI=1S/C12H17NO2S/c1-9(6-7-14)16-8-10-2-4-11(5-3-10)12(13)15/h2-5,9,14H,6-8H2,1H3,(H2,13,15). The van der Waals surface area contributed by atoms with Crippen LogP contribution in [0.3, 0.4) is 0 Å². The lowest BCUT2D eigenvalue weighted by molar-refractivity contribution is 0.100. The van der Waals surface area contributed by atoms with Gasteiger partial charge in [0.05, 0.1) is 0 Å². The lowest BCUT2D eigenvalue weighted by Gasteiger charge is -2.09. The summed E-state index contributed by atoms with van der Waals surface area (Å²) >= 11 is 1.79. The number of primary amides is 1. The van der Waals surface area contributed by atoms with E-state index in [4.69, 9.17) is 10.8 Å². The maximum atomic E-state index is 10.9. The van der Waals surface area contributed by atoms with Crippen molar-refractivity contribution < 1.29 is 9.90 Å². The number of rotatable bonds is 6. The number of hydrogen-bond donors (Lipinski definition) is 2. The third kappa shape index (κ3) is 4.24. The summed E-state index contributed by atoms with van der Waals surface area (Å²) in [6.45, 7) is 2.33. The predicted molar refractivity (Wildman–Crippen MR) is 67.4 cm³/mol. The Balaban J connectivity index is 2.46. The van der Waals surface area contributed by atoms with Crippen LogP contribution in [0.2, 0.25) is 0 Å². The molecule has 0 radical (unpaired) electrons. The molecule has 0 aliphatic carbocycles. The monoisotopic (exact) mass is 239 g/mol. The van der Waals surface area contributed by atoms with Gasteiger partial charge in [-0.1, -0.05) is 19.1 Å². The number of carbonyl (C=O) groups excluding carboxylic acids is 1. The SMILES string of the molecule is CC(CCO)SCc1ccc(C(N)=O)cc1. The first-order valence-electron chi connectivity index (χ1n) is 5.24. The van der Waals surface area contributed by atoms with Crippen molar-refractivity contribution in [2.24, 2.45) is 5.73 Å². The molecule has 88 valence electrons. The summed E-state index contributed by atoms with van der Waals surface area (Å²) in [6.07, 6.45) is 0.810. The lowest BCUT2D eigenvalue weighted by atomic mass is 10.1. The van der Waals surface area contributed by atoms with Crippen LogP contribution >= 0.6 is 11.8 Å². The van der Waals surface area contributed by atoms with E-state index in [1.807, 2.05) is 12.1 Å². The van der Waals surface area contributed by atoms with Crippen molar-refractivity contribution >= 4 is 17.7 Å². The molecule has 1 unspecified atom stereocenters. The molecule has 3 N–H and O–H groups in total. The van der Waals surface area contributed by atoms with Gasteiger partial charge in [0.1, 0.15) is 0 Å². The molecule has 0 aliphatic heterocycles. The molecule has 0 aromatic heterocycles. The summed E-state index contributed by atoms with van der Waals surface area (Å²) in [5, 5.41) is 9.21. The van der Waals surface area contributed by atoms with Crippen molar-refractivity contribution in [2.45, 2.75) is 24.3 Å². The van der Waals surface area contributed by atoms with E-state index < -0.39 is 5.91 Å². The van der Waals surface area contributed by atoms with E-state index in [1.54, 1.807) is 23.9 Å². The summed E-state index contributed by atoms with van der Waals surface area (Å²) in [5.41, 5.74) is 6.86. The smallest absolute Gasteiger partial charge is 0.248 e. The molecule has 4 heteroatoms. The maximum absolute atomic E-state index is 10.9. The van der Waals surface area contributed by atoms with Gasteiger partial charge in [-0.15, -0.1) is 0 Å². The minimum Gasteiger partial charge on any atom is -0.396 e. The second kappa shape index (κ2) is 6.55. The molecule has 1 atom stereocenters. The highest BCUT2D eigenvalue weighted by atomic mass is 32.2. The lowest BCUT2D eigenvalue weighted by Crippen LogP contribution is -2.10. The summed E-state index contributed by atoms with van der Waals surface area (Å²) in [5.74, 6) is 0.494. The second-order valence-electron chi connectivity index (χ2n) is 3.70. The third-order valence-corrected chi connectivity index (χ3v) is 3.61. The first-order chi connectivity index (χ1) is 7.63. The fourth-order valence-corrected chi connectivity index (χ4v) is 2.21. The predicted octanol–water partition coefficient (Wildman–Crippen LogP) is 1.79. The molecule has 1 amide bonds. The largest absolute Gasteiger partial charge is 0.396 e. The first-order valence-corrected chi connectivity index (χ1v) is 6.29. The minimum atomic E-state index is -0.396. The normalized spacial score (nSPS) is 12.4. The third-order valence-electron chi connectivity index (χ3n) is 2.31. The first kappa shape index (κ1) is 13.1. The Morgan fingerprint density at radius 2 is 2.06 bits per heavy atom. The zero-order valence-electron chi connectivity index (χ0n) is 9.35. The second-order valence-corrected chi connectivity index (χ2v) is 5.12. The zero-order chi connectivity index (χ0) is 12.0. The van der Waals surface area contributed by atoms with Gasteiger partial charge in [0.15, 0.2) is 0 Å². The maximum Gasteiger partial charge on any atom is 0.248 e. The van der Waals surface area contributed by atoms with Crippen molar-refractivity contribution in [2.75, 3.05) is 6.61 Å². The Bertz CT molecular complexity index is 337. The summed E-state index contributed by atoms with van der Waals surface area (Å²) in [7, 11) is 0. The molecule has 0 aliphatic rings. The number of aliphatic hydroxyl groups excluding tert-OH is 1. The number of nitrogens with two attached hydrogens (primary N) is 1. The number of amides is 1. The summed E-state index contributed by atoms with van der Waals surface area (Å²) in [6, 6.07) is 7.32. The van der Waals surface area contributed by atoms with Gasteiger partial charge in [-0.05, 0) is 24.1 Å². The van der Waals surface area contributed by atoms with Crippen LogP contribution in [0.4, 0.5) is 0 Å². The molecule has 0 saturated carbocycles. The molecule has 3 nitrogen and oxygen atoms in total. The highest BCUT2D eigenvalue weighted by Crippen LogP contribution is 2.19. The molecule has 0 heterocycles. The number of carbonyl (C=O) groups is 1. The van der Waals surface area contributed by atoms with Crippen LogP contribution in [-0.2, 0) is 5.75 Å². The van der Waals surface area contributed by atoms with E-state index in [-0.39, 0.29) is 6.61 Å². The van der Waals surface area contributed by atoms with Crippen LogP contribution in [0.25, 0.3) is 0 Å². The molecule has 0 saturated heterocycles. The van der Waals surface area contributed by atoms with Crippen molar-refractivity contribution in [1.29, 1.82) is 0 Å². The number of benzene rings is 1. The van der Waals surface area contributed by atoms with Crippen LogP contribution in [0.5, 0.6) is 0 Å². The van der Waals surface area contributed by atoms with Crippen LogP contribution in [-0.4, -0.2) is 22.9 Å². The molecule has 0 fully saturated rings. The van der Waals surface area contributed by atoms with Crippen molar-refractivity contribution in [1.82, 2.24) is 0 Å². The van der Waals surface area contributed by atoms with Gasteiger partial charge >= 0.3 is 0 Å². The van der Waals surface area contributed by atoms with E-state index >= 15 is 0 Å². The molecule has 1 rings (SSSR count). The summed E-state index contributed by atoms with van der Waals surface area (Å²) in [4.78, 5) is 10.9. The van der Waals surface area contributed by atoms with E-state index in [0.717, 1.165) is 12.2 Å². The fraction of sp³-hybridized carbons (Fsp3) is 0.417. The molecular weight excluding hydrogens is 222 g/mol. The van der Waals surface area contributed by atoms with Gasteiger partial charge in [0.2, 0.25) is 5.91 Å². The van der Waals surface area contributed by atoms with Crippen LogP contribution in [0, 0.1) is 0 Å². The Hall–Kier alpha value is -1.00. The van der Waals surface area contributed by atoms with Gasteiger partial charge in [-0.25, -0.2) is 0 Å². The Labute approximate surface area is 100 Å². The van der Waals surface area contributed by atoms with E-state index in [0.29, 0.717) is 10.8 Å². The van der Waals surface area contributed by atoms with Crippen molar-refractivity contribution in [3.05, 3.63) is 35.4 Å². The van der Waals surface area contributed by atoms with Gasteiger partial charge in [0, 0.05) is 23.2 Å². The average Bonchev–Trinajstić information content (AvgIpc) is 2.27. The van der Waals surface area contributed by atoms with Crippen LogP contribution in [0.1, 0.15) is 29.3 Å². The molecule has 0 spiro atoms. The number of aliphatic hydroxyl groups is 1. The van der Waals surface area contributed by atoms with Gasteiger partial charge < -0.3 is 10.8 Å². The number of thioether (sulfide) groups is 1. The van der Waals surface area contributed by atoms with Crippen LogP contribution in [0.15, 0.2) is 24.3 Å². The fourth-order valence-electron chi connectivity index (χ4n) is 1.27. The highest BCUT2D eigenvalue weighted by molar-refractivity contribution is 7.99. The molecular formula is C12H17NO2S. The topological polar surface area (TPSA) is 63.3 Å². The molecule has 0 bridgehead atoms. The zero-order valence-corrected chi connectivity index (χ0v) is 10.2. The summed E-state index contributed by atoms with van der Waals surface area (Å²) < 4.78 is 0. The van der Waals surface area contributed by atoms with Crippen molar-refractivity contribution in [3.8, 4) is 0 Å². The number of hydrogen-bond acceptors (Lipinski definition) is 3. The van der Waals surface area contributed by atoms with Crippen LogP contribution < -0.4 is 5.73 Å². The van der Waals surface area contributed by atoms with E-state index in [9.17, 15) is 4.79 Å². The molecule has 16 heavy (non-hydrogen) atoms. The Kier molecular flexibility index (Phi) is 5.35. The van der Waals surface area contributed by atoms with E-state index in [1.165, 1.54) is 5.56 Å². The van der Waals surface area contributed by atoms with Gasteiger partial charge in [-0.3, -0.25) is 4.79 Å². The van der Waals surface area contributed by atoms with Crippen molar-refractivity contribution in [3.63, 3.8) is 0 Å². The Morgan fingerprint density at radius 1 is 1.44 bits per heavy atom. The van der Waals surface area contributed by atoms with Gasteiger partial charge in [-0.2, -0.15) is 11.8 Å². The molecule has 1 aromatic carbocycles. The average molecular weight is 239 g/mol. The van der Waals surface area contributed by atoms with Gasteiger partial charge in [0.25, 0.3) is 0 Å². The molecule has 1 aromatic rings. The quantitative estimate of drug-likeness (QED) is 0.795.